The first-order valence-corrected chi connectivity index (χ1v) is 7.97. The van der Waals surface area contributed by atoms with Crippen LogP contribution in [0.1, 0.15) is 17.8 Å². The number of rotatable bonds is 3. The number of amides is 1. The van der Waals surface area contributed by atoms with Gasteiger partial charge in [0.1, 0.15) is 12.7 Å². The van der Waals surface area contributed by atoms with Crippen LogP contribution < -0.4 is 14.8 Å². The molecule has 2 N–H and O–H groups in total. The summed E-state index contributed by atoms with van der Waals surface area (Å²) in [6, 6.07) is 7.59. The van der Waals surface area contributed by atoms with E-state index in [2.05, 4.69) is 15.3 Å². The standard InChI is InChI=1S/C17H19N3O3/c21-17(11-5-6-13-14(7-11)20-10-19-13)18-8-12-9-22-15-3-1-2-4-16(15)23-12/h1-4,10-12H,5-9H2,(H,18,21)(H,19,20)/t11-,12-/m0/s1. The van der Waals surface area contributed by atoms with Crippen molar-refractivity contribution in [2.75, 3.05) is 13.2 Å². The van der Waals surface area contributed by atoms with Crippen LogP contribution in [0.5, 0.6) is 11.5 Å². The number of hydrogen-bond donors (Lipinski definition) is 2. The highest BCUT2D eigenvalue weighted by Gasteiger charge is 2.27. The summed E-state index contributed by atoms with van der Waals surface area (Å²) >= 11 is 0. The van der Waals surface area contributed by atoms with E-state index in [0.29, 0.717) is 13.2 Å². The van der Waals surface area contributed by atoms with Crippen LogP contribution in [-0.2, 0) is 17.6 Å². The number of nitrogens with one attached hydrogen (secondary N) is 2. The molecule has 6 nitrogen and oxygen atoms in total. The van der Waals surface area contributed by atoms with E-state index >= 15 is 0 Å². The third kappa shape index (κ3) is 2.88. The average molecular weight is 313 g/mol. The van der Waals surface area contributed by atoms with Crippen molar-refractivity contribution in [2.24, 2.45) is 5.92 Å². The van der Waals surface area contributed by atoms with Gasteiger partial charge in [0.25, 0.3) is 0 Å². The Balaban J connectivity index is 1.31. The van der Waals surface area contributed by atoms with Crippen LogP contribution in [0.3, 0.4) is 0 Å². The van der Waals surface area contributed by atoms with Gasteiger partial charge in [0.2, 0.25) is 5.91 Å². The van der Waals surface area contributed by atoms with Crippen LogP contribution in [0.15, 0.2) is 30.6 Å². The second-order valence-corrected chi connectivity index (χ2v) is 6.01. The minimum absolute atomic E-state index is 0.000236. The number of aryl methyl sites for hydroxylation is 1. The van der Waals surface area contributed by atoms with Crippen molar-refractivity contribution in [1.29, 1.82) is 0 Å². The summed E-state index contributed by atoms with van der Waals surface area (Å²) in [5.74, 6) is 1.57. The summed E-state index contributed by atoms with van der Waals surface area (Å²) in [6.07, 6.45) is 3.98. The Labute approximate surface area is 134 Å². The van der Waals surface area contributed by atoms with Crippen LogP contribution in [0.25, 0.3) is 0 Å². The van der Waals surface area contributed by atoms with Gasteiger partial charge in [-0.3, -0.25) is 4.79 Å². The number of aromatic amines is 1. The van der Waals surface area contributed by atoms with Crippen molar-refractivity contribution in [3.05, 3.63) is 42.0 Å². The Bertz CT molecular complexity index is 713. The molecule has 1 aromatic carbocycles. The third-order valence-corrected chi connectivity index (χ3v) is 4.43. The van der Waals surface area contributed by atoms with E-state index in [1.807, 2.05) is 24.3 Å². The summed E-state index contributed by atoms with van der Waals surface area (Å²) in [4.78, 5) is 19.8. The number of carbonyl (C=O) groups is 1. The quantitative estimate of drug-likeness (QED) is 0.900. The molecule has 1 aromatic heterocycles. The number of fused-ring (bicyclic) bond motifs is 2. The van der Waals surface area contributed by atoms with Crippen LogP contribution in [-0.4, -0.2) is 35.1 Å². The molecule has 2 aliphatic rings. The number of imidazole rings is 1. The van der Waals surface area contributed by atoms with E-state index in [9.17, 15) is 4.79 Å². The smallest absolute Gasteiger partial charge is 0.223 e. The molecule has 0 fully saturated rings. The third-order valence-electron chi connectivity index (χ3n) is 4.43. The Morgan fingerprint density at radius 1 is 1.35 bits per heavy atom. The van der Waals surface area contributed by atoms with Gasteiger partial charge in [-0.05, 0) is 25.0 Å². The van der Waals surface area contributed by atoms with Gasteiger partial charge in [0, 0.05) is 18.0 Å². The van der Waals surface area contributed by atoms with Gasteiger partial charge < -0.3 is 19.8 Å². The summed E-state index contributed by atoms with van der Waals surface area (Å²) in [5, 5.41) is 3.00. The number of carbonyl (C=O) groups excluding carboxylic acids is 1. The first-order valence-electron chi connectivity index (χ1n) is 7.97. The van der Waals surface area contributed by atoms with E-state index in [1.54, 1.807) is 6.33 Å². The molecule has 0 saturated heterocycles. The van der Waals surface area contributed by atoms with Gasteiger partial charge in [0.05, 0.1) is 18.6 Å². The van der Waals surface area contributed by atoms with Crippen LogP contribution in [0.2, 0.25) is 0 Å². The number of benzene rings is 1. The van der Waals surface area contributed by atoms with E-state index in [-0.39, 0.29) is 17.9 Å². The van der Waals surface area contributed by atoms with Gasteiger partial charge in [-0.2, -0.15) is 0 Å². The van der Waals surface area contributed by atoms with Gasteiger partial charge in [-0.1, -0.05) is 12.1 Å². The summed E-state index contributed by atoms with van der Waals surface area (Å²) in [5.41, 5.74) is 2.18. The van der Waals surface area contributed by atoms with Crippen LogP contribution in [0.4, 0.5) is 0 Å². The lowest BCUT2D eigenvalue weighted by atomic mass is 9.89. The summed E-state index contributed by atoms with van der Waals surface area (Å²) in [7, 11) is 0. The normalized spacial score (nSPS) is 22.3. The van der Waals surface area contributed by atoms with Gasteiger partial charge in [0.15, 0.2) is 11.5 Å². The zero-order valence-electron chi connectivity index (χ0n) is 12.7. The first kappa shape index (κ1) is 14.1. The summed E-state index contributed by atoms with van der Waals surface area (Å²) in [6.45, 7) is 0.909. The molecule has 0 bridgehead atoms. The zero-order chi connectivity index (χ0) is 15.6. The average Bonchev–Trinajstić information content (AvgIpc) is 3.07. The van der Waals surface area contributed by atoms with Crippen molar-refractivity contribution >= 4 is 5.91 Å². The van der Waals surface area contributed by atoms with Crippen LogP contribution >= 0.6 is 0 Å². The van der Waals surface area contributed by atoms with Crippen molar-refractivity contribution in [2.45, 2.75) is 25.4 Å². The topological polar surface area (TPSA) is 76.2 Å². The molecule has 2 heterocycles. The molecular weight excluding hydrogens is 294 g/mol. The second kappa shape index (κ2) is 5.95. The molecular formula is C17H19N3O3. The van der Waals surface area contributed by atoms with E-state index < -0.39 is 0 Å². The van der Waals surface area contributed by atoms with E-state index in [4.69, 9.17) is 9.47 Å². The molecule has 2 atom stereocenters. The lowest BCUT2D eigenvalue weighted by Crippen LogP contribution is -2.43. The largest absolute Gasteiger partial charge is 0.486 e. The highest BCUT2D eigenvalue weighted by atomic mass is 16.6. The Morgan fingerprint density at radius 3 is 3.13 bits per heavy atom. The monoisotopic (exact) mass is 313 g/mol. The molecule has 4 rings (SSSR count). The molecule has 23 heavy (non-hydrogen) atoms. The maximum absolute atomic E-state index is 12.4. The maximum atomic E-state index is 12.4. The lowest BCUT2D eigenvalue weighted by Gasteiger charge is -2.27. The number of ether oxygens (including phenoxy) is 2. The molecule has 2 aromatic rings. The summed E-state index contributed by atoms with van der Waals surface area (Å²) < 4.78 is 11.5. The van der Waals surface area contributed by atoms with E-state index in [1.165, 1.54) is 0 Å². The van der Waals surface area contributed by atoms with Gasteiger partial charge >= 0.3 is 0 Å². The van der Waals surface area contributed by atoms with Crippen molar-refractivity contribution in [1.82, 2.24) is 15.3 Å². The van der Waals surface area contributed by atoms with Gasteiger partial charge in [-0.25, -0.2) is 4.98 Å². The van der Waals surface area contributed by atoms with Crippen molar-refractivity contribution in [3.63, 3.8) is 0 Å². The minimum atomic E-state index is -0.153. The fourth-order valence-electron chi connectivity index (χ4n) is 3.15. The lowest BCUT2D eigenvalue weighted by molar-refractivity contribution is -0.125. The second-order valence-electron chi connectivity index (χ2n) is 6.01. The molecule has 1 aliphatic carbocycles. The van der Waals surface area contributed by atoms with E-state index in [0.717, 1.165) is 42.1 Å². The predicted molar refractivity (Wildman–Crippen MR) is 83.5 cm³/mol. The molecule has 1 aliphatic heterocycles. The predicted octanol–water partition coefficient (Wildman–Crippen LogP) is 1.47. The molecule has 0 saturated carbocycles. The Kier molecular flexibility index (Phi) is 3.65. The highest BCUT2D eigenvalue weighted by molar-refractivity contribution is 5.79. The van der Waals surface area contributed by atoms with Crippen molar-refractivity contribution < 1.29 is 14.3 Å². The molecule has 6 heteroatoms. The molecule has 120 valence electrons. The number of H-pyrrole nitrogens is 1. The van der Waals surface area contributed by atoms with Crippen LogP contribution in [0, 0.1) is 5.92 Å². The minimum Gasteiger partial charge on any atom is -0.486 e. The molecule has 1 amide bonds. The number of hydrogen-bond acceptors (Lipinski definition) is 4. The zero-order valence-corrected chi connectivity index (χ0v) is 12.7. The molecule has 0 spiro atoms. The fourth-order valence-corrected chi connectivity index (χ4v) is 3.15. The first-order chi connectivity index (χ1) is 11.3. The van der Waals surface area contributed by atoms with Gasteiger partial charge in [-0.15, -0.1) is 0 Å². The number of aromatic nitrogens is 2. The molecule has 0 unspecified atom stereocenters. The number of para-hydroxylation sites is 2. The fraction of sp³-hybridized carbons (Fsp3) is 0.412. The van der Waals surface area contributed by atoms with Crippen molar-refractivity contribution in [3.8, 4) is 11.5 Å². The SMILES string of the molecule is O=C(NC[C@H]1COc2ccccc2O1)[C@H]1CCc2nc[nH]c2C1. The Morgan fingerprint density at radius 2 is 2.22 bits per heavy atom. The maximum Gasteiger partial charge on any atom is 0.223 e. The highest BCUT2D eigenvalue weighted by Crippen LogP contribution is 2.30. The Hall–Kier alpha value is -2.50. The molecule has 0 radical (unpaired) electrons. The number of nitrogens with zero attached hydrogens (tertiary/aromatic N) is 1.